The van der Waals surface area contributed by atoms with Crippen molar-refractivity contribution in [3.8, 4) is 11.5 Å². The zero-order valence-corrected chi connectivity index (χ0v) is 30.1. The van der Waals surface area contributed by atoms with E-state index in [1.165, 1.54) is 6.07 Å². The monoisotopic (exact) mass is 747 g/mol. The first-order valence-electron chi connectivity index (χ1n) is 18.5. The molecule has 3 aromatic rings. The number of amides is 4. The van der Waals surface area contributed by atoms with Crippen molar-refractivity contribution < 1.29 is 37.8 Å². The predicted octanol–water partition coefficient (Wildman–Crippen LogP) is 3.82. The van der Waals surface area contributed by atoms with E-state index >= 15 is 4.39 Å². The number of carbonyl (C=O) groups excluding carboxylic acids is 4. The first kappa shape index (κ1) is 35.7. The van der Waals surface area contributed by atoms with Gasteiger partial charge >= 0.3 is 0 Å². The summed E-state index contributed by atoms with van der Waals surface area (Å²) in [5.74, 6) is 0.0330. The fourth-order valence-corrected chi connectivity index (χ4v) is 9.05. The van der Waals surface area contributed by atoms with Gasteiger partial charge in [-0.15, -0.1) is 0 Å². The molecule has 13 nitrogen and oxygen atoms in total. The molecule has 2 aromatic carbocycles. The van der Waals surface area contributed by atoms with Gasteiger partial charge in [-0.25, -0.2) is 9.37 Å². The van der Waals surface area contributed by atoms with Gasteiger partial charge in [-0.05, 0) is 88.1 Å². The summed E-state index contributed by atoms with van der Waals surface area (Å²) >= 11 is 1.74. The maximum absolute atomic E-state index is 15.0. The van der Waals surface area contributed by atoms with E-state index in [0.717, 1.165) is 76.3 Å². The van der Waals surface area contributed by atoms with Crippen LogP contribution in [-0.2, 0) is 20.1 Å². The van der Waals surface area contributed by atoms with Crippen LogP contribution in [0.4, 0.5) is 4.39 Å². The van der Waals surface area contributed by atoms with Gasteiger partial charge < -0.3 is 24.1 Å². The number of hydrogen-bond acceptors (Lipinski definition) is 11. The highest BCUT2D eigenvalue weighted by Gasteiger charge is 2.45. The van der Waals surface area contributed by atoms with Crippen LogP contribution >= 0.6 is 11.8 Å². The Bertz CT molecular complexity index is 1990. The number of carbonyl (C=O) groups is 4. The van der Waals surface area contributed by atoms with E-state index in [2.05, 4.69) is 20.2 Å². The SMILES string of the molecule is O=C1CCC(N2C(=O)c3ccc(O[C@H]4C[C@H](CN5CCC(COc6cc(F)c7c(=O)[nH]c(CSC8CCOCC8)nc7c6)CC5)C4)cc3C2=O)C(=O)N1. The van der Waals surface area contributed by atoms with Crippen LogP contribution in [-0.4, -0.2) is 100 Å². The fraction of sp³-hybridized carbons (Fsp3) is 0.526. The van der Waals surface area contributed by atoms with E-state index in [4.69, 9.17) is 14.2 Å². The van der Waals surface area contributed by atoms with Crippen LogP contribution < -0.4 is 20.3 Å². The normalized spacial score (nSPS) is 24.3. The van der Waals surface area contributed by atoms with Gasteiger partial charge in [0.2, 0.25) is 11.8 Å². The average Bonchev–Trinajstić information content (AvgIpc) is 3.37. The predicted molar refractivity (Wildman–Crippen MR) is 192 cm³/mol. The zero-order valence-electron chi connectivity index (χ0n) is 29.3. The minimum atomic E-state index is -1.00. The molecule has 3 saturated heterocycles. The second-order valence-corrected chi connectivity index (χ2v) is 16.0. The molecule has 1 aliphatic carbocycles. The number of ether oxygens (including phenoxy) is 3. The Kier molecular flexibility index (Phi) is 10.2. The van der Waals surface area contributed by atoms with Crippen LogP contribution in [0.1, 0.15) is 77.9 Å². The van der Waals surface area contributed by atoms with Gasteiger partial charge in [-0.2, -0.15) is 11.8 Å². The van der Waals surface area contributed by atoms with Crippen molar-refractivity contribution >= 4 is 46.3 Å². The topological polar surface area (TPSA) is 160 Å². The number of halogens is 1. The maximum atomic E-state index is 15.0. The van der Waals surface area contributed by atoms with E-state index in [1.54, 1.807) is 36.0 Å². The molecule has 53 heavy (non-hydrogen) atoms. The summed E-state index contributed by atoms with van der Waals surface area (Å²) in [4.78, 5) is 73.4. The van der Waals surface area contributed by atoms with Crippen LogP contribution in [0.2, 0.25) is 0 Å². The third-order valence-corrected chi connectivity index (χ3v) is 12.4. The Morgan fingerprint density at radius 3 is 2.45 bits per heavy atom. The average molecular weight is 748 g/mol. The Hall–Kier alpha value is -4.34. The number of imide groups is 2. The quantitative estimate of drug-likeness (QED) is 0.275. The molecule has 0 spiro atoms. The van der Waals surface area contributed by atoms with Crippen LogP contribution in [0.5, 0.6) is 11.5 Å². The van der Waals surface area contributed by atoms with Crippen molar-refractivity contribution in [1.82, 2.24) is 25.1 Å². The fourth-order valence-electron chi connectivity index (χ4n) is 7.99. The third-order valence-electron chi connectivity index (χ3n) is 11.0. The van der Waals surface area contributed by atoms with Gasteiger partial charge in [0.05, 0.1) is 35.1 Å². The molecule has 5 aliphatic rings. The lowest BCUT2D eigenvalue weighted by Gasteiger charge is -2.40. The summed E-state index contributed by atoms with van der Waals surface area (Å²) in [6.45, 7) is 4.81. The molecule has 4 aliphatic heterocycles. The molecular formula is C38H42FN5O8S. The lowest BCUT2D eigenvalue weighted by molar-refractivity contribution is -0.136. The highest BCUT2D eigenvalue weighted by Crippen LogP contribution is 2.36. The van der Waals surface area contributed by atoms with E-state index in [9.17, 15) is 24.0 Å². The first-order chi connectivity index (χ1) is 25.7. The summed E-state index contributed by atoms with van der Waals surface area (Å²) in [6, 6.07) is 6.77. The highest BCUT2D eigenvalue weighted by atomic mass is 32.2. The molecule has 5 heterocycles. The minimum Gasteiger partial charge on any atom is -0.493 e. The summed E-state index contributed by atoms with van der Waals surface area (Å²) in [6.07, 6.45) is 5.83. The zero-order chi connectivity index (χ0) is 36.6. The van der Waals surface area contributed by atoms with Crippen LogP contribution in [0, 0.1) is 17.7 Å². The lowest BCUT2D eigenvalue weighted by atomic mass is 9.81. The van der Waals surface area contributed by atoms with E-state index < -0.39 is 41.0 Å². The van der Waals surface area contributed by atoms with Gasteiger partial charge in [0.1, 0.15) is 34.6 Å². The van der Waals surface area contributed by atoms with Crippen molar-refractivity contribution in [3.05, 3.63) is 63.5 Å². The summed E-state index contributed by atoms with van der Waals surface area (Å²) in [7, 11) is 0. The van der Waals surface area contributed by atoms with Gasteiger partial charge in [0.25, 0.3) is 17.4 Å². The number of aromatic amines is 1. The number of H-pyrrole nitrogens is 1. The second kappa shape index (κ2) is 15.2. The molecule has 4 fully saturated rings. The van der Waals surface area contributed by atoms with Crippen LogP contribution in [0.15, 0.2) is 35.1 Å². The minimum absolute atomic E-state index is 0.0108. The number of likely N-dealkylation sites (tertiary alicyclic amines) is 1. The van der Waals surface area contributed by atoms with Crippen LogP contribution in [0.3, 0.4) is 0 Å². The Morgan fingerprint density at radius 1 is 0.906 bits per heavy atom. The molecule has 0 bridgehead atoms. The van der Waals surface area contributed by atoms with Crippen LogP contribution in [0.25, 0.3) is 10.9 Å². The summed E-state index contributed by atoms with van der Waals surface area (Å²) < 4.78 is 32.7. The molecule has 1 saturated carbocycles. The molecule has 1 aromatic heterocycles. The highest BCUT2D eigenvalue weighted by molar-refractivity contribution is 7.99. The summed E-state index contributed by atoms with van der Waals surface area (Å²) in [5, 5.41) is 2.62. The van der Waals surface area contributed by atoms with Crippen molar-refractivity contribution in [1.29, 1.82) is 0 Å². The van der Waals surface area contributed by atoms with Gasteiger partial charge in [0, 0.05) is 43.6 Å². The Balaban J connectivity index is 0.777. The standard InChI is InChI=1S/C38H42FN5O8S/c39-29-16-24(17-30-34(29)36(47)41-32(40-30)20-53-26-7-11-50-12-8-26)51-19-21-5-9-43(10-6-21)18-22-13-25(14-22)52-23-1-2-27-28(15-23)38(49)44(37(27)48)31-3-4-33(45)42-35(31)46/h1-2,15-17,21-22,25-26,31H,3-14,18-20H2,(H,40,41,47)(H,42,45,46)/t22-,25-,31?. The molecule has 1 unspecified atom stereocenters. The second-order valence-electron chi connectivity index (χ2n) is 14.7. The number of fused-ring (bicyclic) bond motifs is 2. The van der Waals surface area contributed by atoms with Gasteiger partial charge in [-0.3, -0.25) is 34.2 Å². The van der Waals surface area contributed by atoms with Crippen molar-refractivity contribution in [3.63, 3.8) is 0 Å². The number of aromatic nitrogens is 2. The third kappa shape index (κ3) is 7.69. The smallest absolute Gasteiger partial charge is 0.262 e. The molecular weight excluding hydrogens is 706 g/mol. The number of rotatable bonds is 11. The van der Waals surface area contributed by atoms with E-state index in [1.807, 2.05) is 0 Å². The number of piperidine rings is 2. The number of benzene rings is 2. The molecule has 8 rings (SSSR count). The summed E-state index contributed by atoms with van der Waals surface area (Å²) in [5.41, 5.74) is 0.272. The number of nitrogens with zero attached hydrogens (tertiary/aromatic N) is 3. The number of nitrogens with one attached hydrogen (secondary N) is 2. The van der Waals surface area contributed by atoms with Crippen molar-refractivity contribution in [2.24, 2.45) is 11.8 Å². The molecule has 15 heteroatoms. The molecule has 4 amide bonds. The van der Waals surface area contributed by atoms with E-state index in [0.29, 0.717) is 52.3 Å². The molecule has 2 N–H and O–H groups in total. The number of thioether (sulfide) groups is 1. The first-order valence-corrected chi connectivity index (χ1v) is 19.5. The van der Waals surface area contributed by atoms with Crippen molar-refractivity contribution in [2.75, 3.05) is 39.5 Å². The van der Waals surface area contributed by atoms with Gasteiger partial charge in [-0.1, -0.05) is 0 Å². The molecule has 280 valence electrons. The van der Waals surface area contributed by atoms with Gasteiger partial charge in [0.15, 0.2) is 0 Å². The Labute approximate surface area is 309 Å². The lowest BCUT2D eigenvalue weighted by Crippen LogP contribution is -2.54. The largest absolute Gasteiger partial charge is 0.493 e. The Morgan fingerprint density at radius 2 is 1.68 bits per heavy atom. The van der Waals surface area contributed by atoms with Crippen molar-refractivity contribution in [2.45, 2.75) is 74.5 Å². The van der Waals surface area contributed by atoms with E-state index in [-0.39, 0.29) is 35.5 Å². The molecule has 0 radical (unpaired) electrons. The molecule has 1 atom stereocenters. The number of hydrogen-bond donors (Lipinski definition) is 2. The maximum Gasteiger partial charge on any atom is 0.262 e.